The van der Waals surface area contributed by atoms with Crippen molar-refractivity contribution in [2.24, 2.45) is 23.5 Å². The van der Waals surface area contributed by atoms with Crippen molar-refractivity contribution in [3.05, 3.63) is 11.7 Å². The van der Waals surface area contributed by atoms with E-state index in [1.54, 1.807) is 0 Å². The van der Waals surface area contributed by atoms with Crippen LogP contribution in [-0.4, -0.2) is 10.1 Å². The van der Waals surface area contributed by atoms with Crippen LogP contribution in [0, 0.1) is 17.8 Å². The van der Waals surface area contributed by atoms with Crippen LogP contribution < -0.4 is 5.73 Å². The van der Waals surface area contributed by atoms with Gasteiger partial charge in [0, 0.05) is 6.42 Å². The minimum absolute atomic E-state index is 0.127. The molecule has 0 radical (unpaired) electrons. The first-order valence-corrected chi connectivity index (χ1v) is 6.30. The van der Waals surface area contributed by atoms with E-state index in [2.05, 4.69) is 10.1 Å². The van der Waals surface area contributed by atoms with E-state index in [0.717, 1.165) is 30.1 Å². The lowest BCUT2D eigenvalue weighted by Gasteiger charge is -2.19. The van der Waals surface area contributed by atoms with Gasteiger partial charge in [0.15, 0.2) is 5.82 Å². The molecule has 0 aromatic carbocycles. The van der Waals surface area contributed by atoms with Gasteiger partial charge in [0.05, 0.1) is 6.04 Å². The van der Waals surface area contributed by atoms with E-state index < -0.39 is 0 Å². The average Bonchev–Trinajstić information content (AvgIpc) is 2.91. The molecule has 4 heteroatoms. The lowest BCUT2D eigenvalue weighted by atomic mass is 9.86. The minimum Gasteiger partial charge on any atom is -0.339 e. The van der Waals surface area contributed by atoms with Gasteiger partial charge in [-0.15, -0.1) is 0 Å². The number of hydrogen-bond donors (Lipinski definition) is 1. The highest BCUT2D eigenvalue weighted by molar-refractivity contribution is 4.97. The van der Waals surface area contributed by atoms with E-state index in [4.69, 9.17) is 10.3 Å². The van der Waals surface area contributed by atoms with Gasteiger partial charge in [-0.2, -0.15) is 4.98 Å². The smallest absolute Gasteiger partial charge is 0.226 e. The zero-order valence-electron chi connectivity index (χ0n) is 9.72. The van der Waals surface area contributed by atoms with E-state index >= 15 is 0 Å². The van der Waals surface area contributed by atoms with Gasteiger partial charge in [0.1, 0.15) is 0 Å². The number of hydrogen-bond acceptors (Lipinski definition) is 4. The van der Waals surface area contributed by atoms with Gasteiger partial charge in [-0.1, -0.05) is 11.6 Å². The Balaban J connectivity index is 1.65. The molecule has 1 heterocycles. The Kier molecular flexibility index (Phi) is 2.46. The molecule has 1 aromatic rings. The second-order valence-electron chi connectivity index (χ2n) is 5.47. The average molecular weight is 221 g/mol. The lowest BCUT2D eigenvalue weighted by molar-refractivity contribution is 0.287. The fourth-order valence-corrected chi connectivity index (χ4v) is 3.39. The molecule has 1 aromatic heterocycles. The quantitative estimate of drug-likeness (QED) is 0.848. The number of fused-ring (bicyclic) bond motifs is 2. The fraction of sp³-hybridized carbons (Fsp3) is 0.833. The van der Waals surface area contributed by atoms with Crippen molar-refractivity contribution in [3.8, 4) is 0 Å². The van der Waals surface area contributed by atoms with Gasteiger partial charge in [0.2, 0.25) is 5.89 Å². The Labute approximate surface area is 95.6 Å². The minimum atomic E-state index is -0.127. The predicted octanol–water partition coefficient (Wildman–Crippen LogP) is 2.07. The molecule has 4 unspecified atom stereocenters. The highest BCUT2D eigenvalue weighted by Crippen LogP contribution is 2.49. The van der Waals surface area contributed by atoms with Crippen LogP contribution in [0.4, 0.5) is 0 Å². The van der Waals surface area contributed by atoms with E-state index in [0.29, 0.717) is 5.82 Å². The Morgan fingerprint density at radius 1 is 1.44 bits per heavy atom. The molecule has 2 fully saturated rings. The van der Waals surface area contributed by atoms with Gasteiger partial charge in [-0.05, 0) is 43.9 Å². The van der Waals surface area contributed by atoms with Crippen molar-refractivity contribution in [1.29, 1.82) is 0 Å². The summed E-state index contributed by atoms with van der Waals surface area (Å²) in [6, 6.07) is -0.127. The van der Waals surface area contributed by atoms with E-state index in [-0.39, 0.29) is 6.04 Å². The molecule has 0 aliphatic heterocycles. The molecule has 0 saturated heterocycles. The SMILES string of the molecule is CC(N)c1noc(CC2CC3CCC2C3)n1. The van der Waals surface area contributed by atoms with Gasteiger partial charge in [0.25, 0.3) is 0 Å². The largest absolute Gasteiger partial charge is 0.339 e. The molecule has 2 N–H and O–H groups in total. The van der Waals surface area contributed by atoms with Gasteiger partial charge in [-0.25, -0.2) is 0 Å². The van der Waals surface area contributed by atoms with Crippen LogP contribution in [0.1, 0.15) is 50.4 Å². The highest BCUT2D eigenvalue weighted by atomic mass is 16.5. The highest BCUT2D eigenvalue weighted by Gasteiger charge is 2.40. The van der Waals surface area contributed by atoms with Gasteiger partial charge >= 0.3 is 0 Å². The summed E-state index contributed by atoms with van der Waals surface area (Å²) in [4.78, 5) is 4.35. The molecule has 2 bridgehead atoms. The van der Waals surface area contributed by atoms with E-state index in [1.807, 2.05) is 6.92 Å². The van der Waals surface area contributed by atoms with Crippen molar-refractivity contribution in [1.82, 2.24) is 10.1 Å². The zero-order chi connectivity index (χ0) is 11.1. The number of rotatable bonds is 3. The molecule has 2 aliphatic carbocycles. The summed E-state index contributed by atoms with van der Waals surface area (Å²) in [5, 5.41) is 3.91. The standard InChI is InChI=1S/C12H19N3O/c1-7(13)12-14-11(16-15-12)6-10-5-8-2-3-9(10)4-8/h7-10H,2-6,13H2,1H3. The van der Waals surface area contributed by atoms with Crippen molar-refractivity contribution in [2.45, 2.75) is 45.1 Å². The summed E-state index contributed by atoms with van der Waals surface area (Å²) in [5.74, 6) is 4.09. The molecular weight excluding hydrogens is 202 g/mol. The number of aromatic nitrogens is 2. The second-order valence-corrected chi connectivity index (χ2v) is 5.47. The summed E-state index contributed by atoms with van der Waals surface area (Å²) >= 11 is 0. The molecule has 2 aliphatic rings. The number of nitrogens with two attached hydrogens (primary N) is 1. The molecule has 16 heavy (non-hydrogen) atoms. The lowest BCUT2D eigenvalue weighted by Crippen LogP contribution is -2.13. The van der Waals surface area contributed by atoms with Crippen LogP contribution >= 0.6 is 0 Å². The van der Waals surface area contributed by atoms with Crippen LogP contribution in [0.25, 0.3) is 0 Å². The Bertz CT molecular complexity index is 374. The predicted molar refractivity (Wildman–Crippen MR) is 59.5 cm³/mol. The van der Waals surface area contributed by atoms with Crippen molar-refractivity contribution in [3.63, 3.8) is 0 Å². The van der Waals surface area contributed by atoms with Crippen LogP contribution in [-0.2, 0) is 6.42 Å². The number of nitrogens with zero attached hydrogens (tertiary/aromatic N) is 2. The summed E-state index contributed by atoms with van der Waals surface area (Å²) in [7, 11) is 0. The molecule has 2 saturated carbocycles. The first kappa shape index (κ1) is 10.3. The van der Waals surface area contributed by atoms with Crippen LogP contribution in [0.2, 0.25) is 0 Å². The van der Waals surface area contributed by atoms with Crippen molar-refractivity contribution < 1.29 is 4.52 Å². The van der Waals surface area contributed by atoms with Crippen LogP contribution in [0.3, 0.4) is 0 Å². The van der Waals surface area contributed by atoms with Gasteiger partial charge < -0.3 is 10.3 Å². The Morgan fingerprint density at radius 3 is 2.88 bits per heavy atom. The summed E-state index contributed by atoms with van der Waals surface area (Å²) in [6.07, 6.45) is 6.60. The van der Waals surface area contributed by atoms with E-state index in [9.17, 15) is 0 Å². The monoisotopic (exact) mass is 221 g/mol. The molecule has 4 nitrogen and oxygen atoms in total. The molecule has 0 spiro atoms. The maximum absolute atomic E-state index is 5.71. The van der Waals surface area contributed by atoms with Crippen molar-refractivity contribution >= 4 is 0 Å². The molecule has 4 atom stereocenters. The maximum atomic E-state index is 5.71. The topological polar surface area (TPSA) is 64.9 Å². The summed E-state index contributed by atoms with van der Waals surface area (Å²) < 4.78 is 5.25. The third-order valence-corrected chi connectivity index (χ3v) is 4.21. The molecule has 88 valence electrons. The fourth-order valence-electron chi connectivity index (χ4n) is 3.39. The zero-order valence-corrected chi connectivity index (χ0v) is 9.72. The van der Waals surface area contributed by atoms with Crippen molar-refractivity contribution in [2.75, 3.05) is 0 Å². The second kappa shape index (κ2) is 3.84. The van der Waals surface area contributed by atoms with Crippen LogP contribution in [0.15, 0.2) is 4.52 Å². The molecule has 0 amide bonds. The Hall–Kier alpha value is -0.900. The molecular formula is C12H19N3O. The van der Waals surface area contributed by atoms with E-state index in [1.165, 1.54) is 25.7 Å². The summed E-state index contributed by atoms with van der Waals surface area (Å²) in [5.41, 5.74) is 5.71. The third-order valence-electron chi connectivity index (χ3n) is 4.21. The summed E-state index contributed by atoms with van der Waals surface area (Å²) in [6.45, 7) is 1.88. The first-order valence-electron chi connectivity index (χ1n) is 6.30. The first-order chi connectivity index (χ1) is 7.72. The maximum Gasteiger partial charge on any atom is 0.226 e. The van der Waals surface area contributed by atoms with Gasteiger partial charge in [-0.3, -0.25) is 0 Å². The molecule has 3 rings (SSSR count). The normalized spacial score (nSPS) is 34.5. The third kappa shape index (κ3) is 1.75. The van der Waals surface area contributed by atoms with Crippen LogP contribution in [0.5, 0.6) is 0 Å². The Morgan fingerprint density at radius 2 is 2.31 bits per heavy atom.